The monoisotopic (exact) mass is 519 g/mol. The van der Waals surface area contributed by atoms with Gasteiger partial charge in [-0.3, -0.25) is 19.8 Å². The number of alkyl halides is 3. The minimum Gasteiger partial charge on any atom is -0.380 e. The van der Waals surface area contributed by atoms with E-state index in [0.717, 1.165) is 51.3 Å². The Morgan fingerprint density at radius 1 is 1.08 bits per heavy atom. The highest BCUT2D eigenvalue weighted by atomic mass is 19.4. The van der Waals surface area contributed by atoms with Crippen molar-refractivity contribution in [1.82, 2.24) is 9.80 Å². The molecule has 2 aromatic rings. The zero-order valence-electron chi connectivity index (χ0n) is 20.8. The summed E-state index contributed by atoms with van der Waals surface area (Å²) in [5, 5.41) is 14.0. The molecule has 0 radical (unpaired) electrons. The summed E-state index contributed by atoms with van der Waals surface area (Å²) in [6.07, 6.45) is -3.04. The fraction of sp³-hybridized carbons (Fsp3) is 0.500. The number of piperazine rings is 1. The maximum Gasteiger partial charge on any atom is 0.423 e. The first-order valence-electron chi connectivity index (χ1n) is 12.5. The Bertz CT molecular complexity index is 1100. The fourth-order valence-electron chi connectivity index (χ4n) is 4.95. The van der Waals surface area contributed by atoms with Crippen molar-refractivity contribution in [3.8, 4) is 0 Å². The van der Waals surface area contributed by atoms with Crippen LogP contribution in [0.2, 0.25) is 0 Å². The van der Waals surface area contributed by atoms with Crippen molar-refractivity contribution in [2.45, 2.75) is 38.4 Å². The lowest BCUT2D eigenvalue weighted by atomic mass is 10.1. The Labute approximate surface area is 214 Å². The lowest BCUT2D eigenvalue weighted by Gasteiger charge is -2.36. The molecule has 0 spiro atoms. The van der Waals surface area contributed by atoms with Crippen LogP contribution in [0, 0.1) is 17.0 Å². The van der Waals surface area contributed by atoms with Gasteiger partial charge in [0.15, 0.2) is 0 Å². The number of benzene rings is 2. The topological polar surface area (TPSA) is 82.0 Å². The van der Waals surface area contributed by atoms with Crippen LogP contribution in [0.25, 0.3) is 0 Å². The maximum atomic E-state index is 13.2. The second-order valence-electron chi connectivity index (χ2n) is 9.72. The standard InChI is InChI=1S/C26H32F3N5O3/c1-19-4-7-22(8-5-19)32-15-13-31(14-16-32)11-2-3-25(35)33-12-10-21(18-33)30-20-6-9-24(34(36)37)23(17-20)26(27,28)29/h4-9,17,21,30H,2-3,10-16,18H2,1H3/t21-/m0/s1. The van der Waals surface area contributed by atoms with E-state index < -0.39 is 22.4 Å². The van der Waals surface area contributed by atoms with Gasteiger partial charge in [0.2, 0.25) is 5.91 Å². The lowest BCUT2D eigenvalue weighted by Crippen LogP contribution is -2.46. The molecule has 2 saturated heterocycles. The lowest BCUT2D eigenvalue weighted by molar-refractivity contribution is -0.388. The van der Waals surface area contributed by atoms with E-state index in [1.54, 1.807) is 4.90 Å². The van der Waals surface area contributed by atoms with Gasteiger partial charge in [-0.05, 0) is 50.6 Å². The van der Waals surface area contributed by atoms with Crippen molar-refractivity contribution in [2.75, 3.05) is 56.0 Å². The van der Waals surface area contributed by atoms with Crippen LogP contribution in [0.3, 0.4) is 0 Å². The summed E-state index contributed by atoms with van der Waals surface area (Å²) in [6, 6.07) is 11.2. The van der Waals surface area contributed by atoms with Crippen molar-refractivity contribution in [1.29, 1.82) is 0 Å². The van der Waals surface area contributed by atoms with E-state index in [4.69, 9.17) is 0 Å². The van der Waals surface area contributed by atoms with Gasteiger partial charge in [0, 0.05) is 69.2 Å². The zero-order valence-corrected chi connectivity index (χ0v) is 20.8. The van der Waals surface area contributed by atoms with Crippen LogP contribution in [0.15, 0.2) is 42.5 Å². The summed E-state index contributed by atoms with van der Waals surface area (Å²) in [7, 11) is 0. The third-order valence-corrected chi connectivity index (χ3v) is 7.05. The number of aryl methyl sites for hydroxylation is 1. The second-order valence-corrected chi connectivity index (χ2v) is 9.72. The first kappa shape index (κ1) is 26.7. The van der Waals surface area contributed by atoms with E-state index in [-0.39, 0.29) is 17.6 Å². The van der Waals surface area contributed by atoms with Crippen LogP contribution < -0.4 is 10.2 Å². The number of carbonyl (C=O) groups is 1. The number of amides is 1. The number of carbonyl (C=O) groups excluding carboxylic acids is 1. The Balaban J connectivity index is 1.19. The zero-order chi connectivity index (χ0) is 26.6. The molecular weight excluding hydrogens is 487 g/mol. The summed E-state index contributed by atoms with van der Waals surface area (Å²) in [5.41, 5.74) is 0.378. The predicted molar refractivity (Wildman–Crippen MR) is 136 cm³/mol. The molecule has 8 nitrogen and oxygen atoms in total. The first-order valence-corrected chi connectivity index (χ1v) is 12.5. The average molecular weight is 520 g/mol. The van der Waals surface area contributed by atoms with Gasteiger partial charge in [0.1, 0.15) is 5.56 Å². The van der Waals surface area contributed by atoms with Gasteiger partial charge in [-0.15, -0.1) is 0 Å². The number of nitrogens with zero attached hydrogens (tertiary/aromatic N) is 4. The van der Waals surface area contributed by atoms with Gasteiger partial charge >= 0.3 is 6.18 Å². The number of anilines is 2. The Morgan fingerprint density at radius 3 is 2.43 bits per heavy atom. The molecule has 2 aliphatic heterocycles. The molecule has 2 aliphatic rings. The third-order valence-electron chi connectivity index (χ3n) is 7.05. The maximum absolute atomic E-state index is 13.2. The SMILES string of the molecule is Cc1ccc(N2CCN(CCCC(=O)N3CC[C@H](Nc4ccc([N+](=O)[O-])c(C(F)(F)F)c4)C3)CC2)cc1. The van der Waals surface area contributed by atoms with Crippen LogP contribution >= 0.6 is 0 Å². The first-order chi connectivity index (χ1) is 17.6. The molecule has 2 heterocycles. The van der Waals surface area contributed by atoms with Crippen molar-refractivity contribution in [2.24, 2.45) is 0 Å². The summed E-state index contributed by atoms with van der Waals surface area (Å²) < 4.78 is 39.7. The smallest absolute Gasteiger partial charge is 0.380 e. The molecule has 1 atom stereocenters. The van der Waals surface area contributed by atoms with E-state index in [0.29, 0.717) is 25.9 Å². The summed E-state index contributed by atoms with van der Waals surface area (Å²) >= 11 is 0. The Hall–Kier alpha value is -3.34. The molecule has 37 heavy (non-hydrogen) atoms. The average Bonchev–Trinajstić information content (AvgIpc) is 3.33. The van der Waals surface area contributed by atoms with Crippen LogP contribution in [-0.4, -0.2) is 72.5 Å². The molecule has 0 bridgehead atoms. The van der Waals surface area contributed by atoms with Gasteiger partial charge in [-0.25, -0.2) is 0 Å². The van der Waals surface area contributed by atoms with Crippen LogP contribution in [0.1, 0.15) is 30.4 Å². The molecule has 0 aliphatic carbocycles. The number of hydrogen-bond donors (Lipinski definition) is 1. The summed E-state index contributed by atoms with van der Waals surface area (Å²) in [4.78, 5) is 29.1. The highest BCUT2D eigenvalue weighted by molar-refractivity contribution is 5.76. The molecular formula is C26H32F3N5O3. The van der Waals surface area contributed by atoms with Crippen molar-refractivity contribution < 1.29 is 22.9 Å². The van der Waals surface area contributed by atoms with E-state index >= 15 is 0 Å². The number of nitro benzene ring substituents is 1. The highest BCUT2D eigenvalue weighted by Gasteiger charge is 2.38. The molecule has 0 saturated carbocycles. The molecule has 200 valence electrons. The van der Waals surface area contributed by atoms with Gasteiger partial charge in [-0.2, -0.15) is 13.2 Å². The molecule has 1 N–H and O–H groups in total. The molecule has 4 rings (SSSR count). The largest absolute Gasteiger partial charge is 0.423 e. The molecule has 0 aromatic heterocycles. The van der Waals surface area contributed by atoms with Crippen molar-refractivity contribution in [3.05, 3.63) is 63.7 Å². The quantitative estimate of drug-likeness (QED) is 0.408. The number of rotatable bonds is 8. The second kappa shape index (κ2) is 11.4. The third kappa shape index (κ3) is 6.91. The Kier molecular flexibility index (Phi) is 8.21. The van der Waals surface area contributed by atoms with Crippen LogP contribution in [0.4, 0.5) is 30.2 Å². The van der Waals surface area contributed by atoms with E-state index in [2.05, 4.69) is 46.3 Å². The number of nitro groups is 1. The van der Waals surface area contributed by atoms with Gasteiger partial charge in [0.05, 0.1) is 4.92 Å². The van der Waals surface area contributed by atoms with Crippen molar-refractivity contribution in [3.63, 3.8) is 0 Å². The minimum atomic E-state index is -4.83. The van der Waals surface area contributed by atoms with Gasteiger partial charge in [0.25, 0.3) is 5.69 Å². The summed E-state index contributed by atoms with van der Waals surface area (Å²) in [6.45, 7) is 7.67. The van der Waals surface area contributed by atoms with Crippen molar-refractivity contribution >= 4 is 23.0 Å². The molecule has 0 unspecified atom stereocenters. The van der Waals surface area contributed by atoms with E-state index in [1.807, 2.05) is 0 Å². The predicted octanol–water partition coefficient (Wildman–Crippen LogP) is 4.54. The summed E-state index contributed by atoms with van der Waals surface area (Å²) in [5.74, 6) is 0.0438. The van der Waals surface area contributed by atoms with Gasteiger partial charge in [-0.1, -0.05) is 17.7 Å². The van der Waals surface area contributed by atoms with E-state index in [1.165, 1.54) is 17.3 Å². The fourth-order valence-corrected chi connectivity index (χ4v) is 4.95. The van der Waals surface area contributed by atoms with E-state index in [9.17, 15) is 28.1 Å². The normalized spacial score (nSPS) is 18.8. The number of halogens is 3. The molecule has 2 aromatic carbocycles. The Morgan fingerprint density at radius 2 is 1.78 bits per heavy atom. The van der Waals surface area contributed by atoms with Crippen LogP contribution in [-0.2, 0) is 11.0 Å². The number of nitrogens with one attached hydrogen (secondary N) is 1. The van der Waals surface area contributed by atoms with Gasteiger partial charge < -0.3 is 15.1 Å². The molecule has 11 heteroatoms. The molecule has 2 fully saturated rings. The highest BCUT2D eigenvalue weighted by Crippen LogP contribution is 2.37. The minimum absolute atomic E-state index is 0.0438. The number of likely N-dealkylation sites (tertiary alicyclic amines) is 1. The van der Waals surface area contributed by atoms with Crippen LogP contribution in [0.5, 0.6) is 0 Å². The molecule has 1 amide bonds. The number of hydrogen-bond acceptors (Lipinski definition) is 6.